The molecule has 1 unspecified atom stereocenters. The van der Waals surface area contributed by atoms with Gasteiger partial charge in [-0.2, -0.15) is 0 Å². The Morgan fingerprint density at radius 1 is 1.30 bits per heavy atom. The molecule has 0 radical (unpaired) electrons. The molecule has 1 atom stereocenters. The van der Waals surface area contributed by atoms with E-state index < -0.39 is 5.76 Å². The predicted molar refractivity (Wildman–Crippen MR) is 83.0 cm³/mol. The number of nitrogens with one attached hydrogen (secondary N) is 2. The Morgan fingerprint density at radius 2 is 2.05 bits per heavy atom. The van der Waals surface area contributed by atoms with E-state index in [2.05, 4.69) is 31.1 Å². The van der Waals surface area contributed by atoms with Crippen LogP contribution in [-0.2, 0) is 0 Å². The highest BCUT2D eigenvalue weighted by Crippen LogP contribution is 2.25. The molecule has 0 spiro atoms. The molecule has 2 aromatic rings. The number of aromatic nitrogens is 1. The van der Waals surface area contributed by atoms with Crippen molar-refractivity contribution in [3.63, 3.8) is 0 Å². The molecule has 0 bridgehead atoms. The van der Waals surface area contributed by atoms with E-state index in [1.807, 2.05) is 6.07 Å². The first-order valence-electron chi connectivity index (χ1n) is 7.14. The molecule has 1 aromatic heterocycles. The predicted octanol–water partition coefficient (Wildman–Crippen LogP) is 3.33. The number of hydrogen-bond acceptors (Lipinski definition) is 4. The summed E-state index contributed by atoms with van der Waals surface area (Å²) in [5.74, 6) is 0.279. The maximum Gasteiger partial charge on any atom is 0.417 e. The van der Waals surface area contributed by atoms with Gasteiger partial charge in [-0.1, -0.05) is 26.7 Å². The lowest BCUT2D eigenvalue weighted by atomic mass is 10.0. The molecule has 4 N–H and O–H groups in total. The van der Waals surface area contributed by atoms with E-state index in [4.69, 9.17) is 10.2 Å². The Balaban J connectivity index is 2.04. The monoisotopic (exact) mass is 277 g/mol. The van der Waals surface area contributed by atoms with Gasteiger partial charge in [0.15, 0.2) is 5.58 Å². The smallest absolute Gasteiger partial charge is 0.408 e. The van der Waals surface area contributed by atoms with E-state index in [1.165, 1.54) is 12.8 Å². The zero-order valence-electron chi connectivity index (χ0n) is 12.3. The Labute approximate surface area is 118 Å². The quantitative estimate of drug-likeness (QED) is 0.707. The van der Waals surface area contributed by atoms with Gasteiger partial charge < -0.3 is 15.5 Å². The van der Waals surface area contributed by atoms with E-state index in [0.29, 0.717) is 22.8 Å². The topological polar surface area (TPSA) is 84.0 Å². The number of rotatable bonds is 6. The fourth-order valence-corrected chi connectivity index (χ4v) is 2.31. The number of fused-ring (bicyclic) bond motifs is 1. The average Bonchev–Trinajstić information content (AvgIpc) is 2.68. The molecular weight excluding hydrogens is 254 g/mol. The first-order chi connectivity index (χ1) is 9.45. The third-order valence-electron chi connectivity index (χ3n) is 3.41. The van der Waals surface area contributed by atoms with Crippen molar-refractivity contribution in [1.82, 2.24) is 4.98 Å². The van der Waals surface area contributed by atoms with Crippen molar-refractivity contribution in [3.8, 4) is 0 Å². The molecule has 20 heavy (non-hydrogen) atoms. The summed E-state index contributed by atoms with van der Waals surface area (Å²) in [7, 11) is 0. The highest BCUT2D eigenvalue weighted by Gasteiger charge is 2.09. The fraction of sp³-hybridized carbons (Fsp3) is 0.533. The molecule has 1 aromatic carbocycles. The summed E-state index contributed by atoms with van der Waals surface area (Å²) in [6, 6.07) is 3.84. The maximum absolute atomic E-state index is 11.2. The molecule has 2 rings (SSSR count). The molecule has 0 aliphatic heterocycles. The molecular formula is C15H23N3O2. The summed E-state index contributed by atoms with van der Waals surface area (Å²) in [5.41, 5.74) is 8.57. The second-order valence-corrected chi connectivity index (χ2v) is 5.82. The maximum atomic E-state index is 11.2. The van der Waals surface area contributed by atoms with E-state index in [1.54, 1.807) is 6.07 Å². The third kappa shape index (κ3) is 3.56. The van der Waals surface area contributed by atoms with Gasteiger partial charge in [-0.3, -0.25) is 4.98 Å². The summed E-state index contributed by atoms with van der Waals surface area (Å²) >= 11 is 0. The van der Waals surface area contributed by atoms with Crippen LogP contribution in [0.25, 0.3) is 11.1 Å². The number of H-pyrrole nitrogens is 1. The van der Waals surface area contributed by atoms with Gasteiger partial charge in [0.2, 0.25) is 0 Å². The van der Waals surface area contributed by atoms with Crippen LogP contribution in [0.1, 0.15) is 40.0 Å². The van der Waals surface area contributed by atoms with Crippen molar-refractivity contribution >= 4 is 22.5 Å². The standard InChI is InChI=1S/C15H23N3O2/c1-9(2)5-4-6-10(3)17-12-8-13-14(7-11(12)16)20-15(19)18-13/h7-10,17H,4-6,16H2,1-3H3,(H,18,19). The number of nitrogen functional groups attached to an aromatic ring is 1. The second kappa shape index (κ2) is 6.03. The minimum Gasteiger partial charge on any atom is -0.408 e. The van der Waals surface area contributed by atoms with Crippen molar-refractivity contribution in [1.29, 1.82) is 0 Å². The highest BCUT2D eigenvalue weighted by atomic mass is 16.4. The summed E-state index contributed by atoms with van der Waals surface area (Å²) in [4.78, 5) is 13.8. The van der Waals surface area contributed by atoms with Crippen LogP contribution >= 0.6 is 0 Å². The lowest BCUT2D eigenvalue weighted by Crippen LogP contribution is -2.16. The zero-order chi connectivity index (χ0) is 14.7. The molecule has 5 heteroatoms. The Bertz CT molecular complexity index is 628. The number of nitrogens with two attached hydrogens (primary N) is 1. The van der Waals surface area contributed by atoms with Crippen LogP contribution in [-0.4, -0.2) is 11.0 Å². The number of anilines is 2. The van der Waals surface area contributed by atoms with Crippen LogP contribution in [0, 0.1) is 5.92 Å². The van der Waals surface area contributed by atoms with Crippen LogP contribution in [0.5, 0.6) is 0 Å². The number of aromatic amines is 1. The number of benzene rings is 1. The average molecular weight is 277 g/mol. The van der Waals surface area contributed by atoms with Crippen molar-refractivity contribution in [2.75, 3.05) is 11.1 Å². The summed E-state index contributed by atoms with van der Waals surface area (Å²) in [6.45, 7) is 6.61. The van der Waals surface area contributed by atoms with Gasteiger partial charge in [0.05, 0.1) is 16.9 Å². The van der Waals surface area contributed by atoms with E-state index >= 15 is 0 Å². The van der Waals surface area contributed by atoms with E-state index in [9.17, 15) is 4.79 Å². The van der Waals surface area contributed by atoms with Crippen LogP contribution in [0.3, 0.4) is 0 Å². The largest absolute Gasteiger partial charge is 0.417 e. The Kier molecular flexibility index (Phi) is 4.37. The molecule has 0 saturated carbocycles. The SMILES string of the molecule is CC(C)CCCC(C)Nc1cc2[nH]c(=O)oc2cc1N. The number of oxazole rings is 1. The lowest BCUT2D eigenvalue weighted by Gasteiger charge is -2.17. The molecule has 1 heterocycles. The fourth-order valence-electron chi connectivity index (χ4n) is 2.31. The zero-order valence-corrected chi connectivity index (χ0v) is 12.3. The van der Waals surface area contributed by atoms with E-state index in [0.717, 1.165) is 18.0 Å². The normalized spacial score (nSPS) is 13.0. The summed E-state index contributed by atoms with van der Waals surface area (Å²) in [6.07, 6.45) is 3.52. The molecule has 5 nitrogen and oxygen atoms in total. The van der Waals surface area contributed by atoms with Crippen LogP contribution in [0.2, 0.25) is 0 Å². The first-order valence-corrected chi connectivity index (χ1v) is 7.14. The van der Waals surface area contributed by atoms with Crippen molar-refractivity contribution in [2.45, 2.75) is 46.1 Å². The lowest BCUT2D eigenvalue weighted by molar-refractivity contribution is 0.520. The van der Waals surface area contributed by atoms with Gasteiger partial charge in [-0.15, -0.1) is 0 Å². The molecule has 0 fully saturated rings. The molecule has 110 valence electrons. The van der Waals surface area contributed by atoms with Crippen LogP contribution in [0.4, 0.5) is 11.4 Å². The van der Waals surface area contributed by atoms with Crippen LogP contribution < -0.4 is 16.8 Å². The van der Waals surface area contributed by atoms with Gasteiger partial charge >= 0.3 is 5.76 Å². The highest BCUT2D eigenvalue weighted by molar-refractivity contribution is 5.85. The molecule has 0 saturated heterocycles. The third-order valence-corrected chi connectivity index (χ3v) is 3.41. The van der Waals surface area contributed by atoms with Crippen molar-refractivity contribution in [3.05, 3.63) is 22.7 Å². The number of hydrogen-bond donors (Lipinski definition) is 3. The minimum atomic E-state index is -0.457. The Morgan fingerprint density at radius 3 is 2.75 bits per heavy atom. The van der Waals surface area contributed by atoms with Gasteiger partial charge in [0.1, 0.15) is 0 Å². The van der Waals surface area contributed by atoms with Gasteiger partial charge in [0.25, 0.3) is 0 Å². The van der Waals surface area contributed by atoms with Crippen molar-refractivity contribution in [2.24, 2.45) is 5.92 Å². The summed E-state index contributed by atoms with van der Waals surface area (Å²) in [5, 5.41) is 3.40. The molecule has 0 aliphatic rings. The van der Waals surface area contributed by atoms with Crippen LogP contribution in [0.15, 0.2) is 21.3 Å². The van der Waals surface area contributed by atoms with Gasteiger partial charge in [-0.25, -0.2) is 4.79 Å². The summed E-state index contributed by atoms with van der Waals surface area (Å²) < 4.78 is 4.98. The second-order valence-electron chi connectivity index (χ2n) is 5.82. The minimum absolute atomic E-state index is 0.340. The molecule has 0 amide bonds. The van der Waals surface area contributed by atoms with Gasteiger partial charge in [-0.05, 0) is 25.3 Å². The van der Waals surface area contributed by atoms with Crippen molar-refractivity contribution < 1.29 is 4.42 Å². The Hall–Kier alpha value is -1.91. The molecule has 0 aliphatic carbocycles. The first kappa shape index (κ1) is 14.5. The van der Waals surface area contributed by atoms with E-state index in [-0.39, 0.29) is 0 Å². The van der Waals surface area contributed by atoms with Gasteiger partial charge in [0, 0.05) is 12.1 Å².